The van der Waals surface area contributed by atoms with Crippen molar-refractivity contribution in [2.45, 2.75) is 26.1 Å². The fourth-order valence-corrected chi connectivity index (χ4v) is 3.90. The van der Waals surface area contributed by atoms with E-state index in [9.17, 15) is 4.79 Å². The molecule has 5 heteroatoms. The maximum absolute atomic E-state index is 13.4. The minimum atomic E-state index is 0.0361. The van der Waals surface area contributed by atoms with Gasteiger partial charge < -0.3 is 9.64 Å². The van der Waals surface area contributed by atoms with Crippen LogP contribution in [-0.2, 0) is 4.74 Å². The molecule has 27 heavy (non-hydrogen) atoms. The van der Waals surface area contributed by atoms with Crippen LogP contribution in [0.3, 0.4) is 0 Å². The van der Waals surface area contributed by atoms with Crippen molar-refractivity contribution >= 4 is 32.7 Å². The Balaban J connectivity index is 1.81. The van der Waals surface area contributed by atoms with Gasteiger partial charge in [-0.25, -0.2) is 4.98 Å². The van der Waals surface area contributed by atoms with Crippen LogP contribution in [0.2, 0.25) is 0 Å². The van der Waals surface area contributed by atoms with Gasteiger partial charge in [0.25, 0.3) is 5.91 Å². The number of ether oxygens (including phenoxy) is 1. The number of carbonyl (C=O) groups is 1. The highest BCUT2D eigenvalue weighted by atomic mass is 79.9. The number of hydrogen-bond acceptors (Lipinski definition) is 3. The number of rotatable bonds is 2. The van der Waals surface area contributed by atoms with Gasteiger partial charge in [0.05, 0.1) is 29.0 Å². The molecule has 2 atom stereocenters. The summed E-state index contributed by atoms with van der Waals surface area (Å²) in [7, 11) is 0. The van der Waals surface area contributed by atoms with E-state index in [-0.39, 0.29) is 18.1 Å². The molecule has 4 rings (SSSR count). The van der Waals surface area contributed by atoms with E-state index in [0.29, 0.717) is 18.7 Å². The summed E-state index contributed by atoms with van der Waals surface area (Å²) in [5.41, 5.74) is 3.32. The van der Waals surface area contributed by atoms with E-state index in [4.69, 9.17) is 9.72 Å². The number of carbonyl (C=O) groups excluding carboxylic acids is 1. The normalized spacial score (nSPS) is 20.0. The highest BCUT2D eigenvalue weighted by molar-refractivity contribution is 9.10. The molecule has 1 fully saturated rings. The second-order valence-corrected chi connectivity index (χ2v) is 7.96. The van der Waals surface area contributed by atoms with Crippen LogP contribution in [0, 0.1) is 0 Å². The van der Waals surface area contributed by atoms with Crippen molar-refractivity contribution in [1.82, 2.24) is 9.88 Å². The van der Waals surface area contributed by atoms with Crippen LogP contribution in [0.15, 0.2) is 59.1 Å². The molecule has 0 aliphatic carbocycles. The number of morpholine rings is 1. The summed E-state index contributed by atoms with van der Waals surface area (Å²) in [5.74, 6) is 0.0361. The van der Waals surface area contributed by atoms with E-state index < -0.39 is 0 Å². The molecule has 2 aromatic carbocycles. The summed E-state index contributed by atoms with van der Waals surface area (Å²) < 4.78 is 6.80. The number of hydrogen-bond donors (Lipinski definition) is 0. The Morgan fingerprint density at radius 2 is 1.74 bits per heavy atom. The fraction of sp³-hybridized carbons (Fsp3) is 0.273. The van der Waals surface area contributed by atoms with E-state index in [1.54, 1.807) is 0 Å². The van der Waals surface area contributed by atoms with E-state index in [1.807, 2.05) is 73.3 Å². The minimum Gasteiger partial charge on any atom is -0.372 e. The van der Waals surface area contributed by atoms with Crippen LogP contribution < -0.4 is 0 Å². The van der Waals surface area contributed by atoms with Gasteiger partial charge in [-0.15, -0.1) is 0 Å². The monoisotopic (exact) mass is 424 g/mol. The van der Waals surface area contributed by atoms with E-state index >= 15 is 0 Å². The van der Waals surface area contributed by atoms with Gasteiger partial charge >= 0.3 is 0 Å². The van der Waals surface area contributed by atoms with Crippen LogP contribution in [0.5, 0.6) is 0 Å². The zero-order valence-electron chi connectivity index (χ0n) is 15.4. The summed E-state index contributed by atoms with van der Waals surface area (Å²) >= 11 is 3.47. The zero-order chi connectivity index (χ0) is 19.0. The maximum atomic E-state index is 13.4. The third-order valence-electron chi connectivity index (χ3n) is 4.79. The number of halogens is 1. The molecule has 1 aliphatic rings. The first kappa shape index (κ1) is 18.1. The topological polar surface area (TPSA) is 42.4 Å². The first-order chi connectivity index (χ1) is 13.0. The maximum Gasteiger partial charge on any atom is 0.254 e. The predicted molar refractivity (Wildman–Crippen MR) is 111 cm³/mol. The Bertz CT molecular complexity index is 977. The lowest BCUT2D eigenvalue weighted by atomic mass is 10.0. The Kier molecular flexibility index (Phi) is 4.98. The first-order valence-electron chi connectivity index (χ1n) is 9.12. The van der Waals surface area contributed by atoms with Gasteiger partial charge in [0.1, 0.15) is 0 Å². The Hall–Kier alpha value is -2.24. The van der Waals surface area contributed by atoms with Gasteiger partial charge in [0, 0.05) is 28.5 Å². The first-order valence-corrected chi connectivity index (χ1v) is 9.91. The predicted octanol–water partition coefficient (Wildman–Crippen LogP) is 4.91. The number of fused-ring (bicyclic) bond motifs is 1. The SMILES string of the molecule is C[C@@H]1CN(C(=O)c2cc(-c3ccc(Br)cc3)nc3ccccc23)C[C@@H](C)O1. The number of aromatic nitrogens is 1. The molecule has 1 saturated heterocycles. The smallest absolute Gasteiger partial charge is 0.254 e. The Labute approximate surface area is 167 Å². The van der Waals surface area contributed by atoms with Gasteiger partial charge in [-0.1, -0.05) is 46.3 Å². The number of amides is 1. The average Bonchev–Trinajstić information content (AvgIpc) is 2.66. The van der Waals surface area contributed by atoms with Gasteiger partial charge in [-0.3, -0.25) is 4.79 Å². The van der Waals surface area contributed by atoms with Crippen molar-refractivity contribution in [1.29, 1.82) is 0 Å². The van der Waals surface area contributed by atoms with Crippen LogP contribution >= 0.6 is 15.9 Å². The molecule has 0 N–H and O–H groups in total. The van der Waals surface area contributed by atoms with Crippen LogP contribution in [0.1, 0.15) is 24.2 Å². The molecule has 2 heterocycles. The summed E-state index contributed by atoms with van der Waals surface area (Å²) in [5, 5.41) is 0.884. The lowest BCUT2D eigenvalue weighted by Crippen LogP contribution is -2.48. The lowest BCUT2D eigenvalue weighted by Gasteiger charge is -2.35. The van der Waals surface area contributed by atoms with E-state index in [1.165, 1.54) is 0 Å². The zero-order valence-corrected chi connectivity index (χ0v) is 16.9. The van der Waals surface area contributed by atoms with Crippen LogP contribution in [-0.4, -0.2) is 41.1 Å². The molecule has 0 spiro atoms. The molecule has 0 radical (unpaired) electrons. The quantitative estimate of drug-likeness (QED) is 0.586. The molecule has 1 aliphatic heterocycles. The molecule has 138 valence electrons. The molecule has 4 nitrogen and oxygen atoms in total. The number of nitrogens with zero attached hydrogens (tertiary/aromatic N) is 2. The van der Waals surface area contributed by atoms with Crippen molar-refractivity contribution in [2.24, 2.45) is 0 Å². The summed E-state index contributed by atoms with van der Waals surface area (Å²) in [4.78, 5) is 20.1. The van der Waals surface area contributed by atoms with E-state index in [2.05, 4.69) is 15.9 Å². The number of benzene rings is 2. The summed E-state index contributed by atoms with van der Waals surface area (Å²) in [6.07, 6.45) is 0.0773. The van der Waals surface area contributed by atoms with Crippen molar-refractivity contribution < 1.29 is 9.53 Å². The van der Waals surface area contributed by atoms with E-state index in [0.717, 1.165) is 26.6 Å². The second-order valence-electron chi connectivity index (χ2n) is 7.05. The standard InChI is InChI=1S/C22H21BrN2O2/c1-14-12-25(13-15(2)27-14)22(26)19-11-21(16-7-9-17(23)10-8-16)24-20-6-4-3-5-18(19)20/h3-11,14-15H,12-13H2,1-2H3/t14-,15-/m1/s1. The second kappa shape index (κ2) is 7.41. The molecule has 1 amide bonds. The van der Waals surface area contributed by atoms with Crippen molar-refractivity contribution in [3.8, 4) is 11.3 Å². The molecular formula is C22H21BrN2O2. The molecule has 0 saturated carbocycles. The van der Waals surface area contributed by atoms with Gasteiger partial charge in [0.2, 0.25) is 0 Å². The van der Waals surface area contributed by atoms with Gasteiger partial charge in [-0.05, 0) is 38.1 Å². The molecule has 0 unspecified atom stereocenters. The highest BCUT2D eigenvalue weighted by Crippen LogP contribution is 2.27. The fourth-order valence-electron chi connectivity index (χ4n) is 3.63. The largest absolute Gasteiger partial charge is 0.372 e. The Morgan fingerprint density at radius 1 is 1.07 bits per heavy atom. The summed E-state index contributed by atoms with van der Waals surface area (Å²) in [6, 6.07) is 17.7. The molecule has 3 aromatic rings. The minimum absolute atomic E-state index is 0.0361. The van der Waals surface area contributed by atoms with Crippen molar-refractivity contribution in [2.75, 3.05) is 13.1 Å². The highest BCUT2D eigenvalue weighted by Gasteiger charge is 2.28. The van der Waals surface area contributed by atoms with Crippen molar-refractivity contribution in [3.05, 3.63) is 64.6 Å². The van der Waals surface area contributed by atoms with Crippen LogP contribution in [0.25, 0.3) is 22.2 Å². The number of para-hydroxylation sites is 1. The lowest BCUT2D eigenvalue weighted by molar-refractivity contribution is -0.0585. The Morgan fingerprint density at radius 3 is 2.44 bits per heavy atom. The third-order valence-corrected chi connectivity index (χ3v) is 5.32. The van der Waals surface area contributed by atoms with Gasteiger partial charge in [-0.2, -0.15) is 0 Å². The third kappa shape index (κ3) is 3.75. The summed E-state index contributed by atoms with van der Waals surface area (Å²) in [6.45, 7) is 5.22. The van der Waals surface area contributed by atoms with Crippen molar-refractivity contribution in [3.63, 3.8) is 0 Å². The molecule has 0 bridgehead atoms. The van der Waals surface area contributed by atoms with Gasteiger partial charge in [0.15, 0.2) is 0 Å². The molecule has 1 aromatic heterocycles. The average molecular weight is 425 g/mol. The van der Waals surface area contributed by atoms with Crippen LogP contribution in [0.4, 0.5) is 0 Å². The number of pyridine rings is 1. The molecular weight excluding hydrogens is 404 g/mol.